The van der Waals surface area contributed by atoms with Crippen LogP contribution in [-0.4, -0.2) is 6.10 Å². The molecule has 0 aromatic heterocycles. The average molecular weight is 407 g/mol. The lowest BCUT2D eigenvalue weighted by molar-refractivity contribution is -0.0954. The van der Waals surface area contributed by atoms with Gasteiger partial charge in [-0.1, -0.05) is 56.7 Å². The second kappa shape index (κ2) is 8.32. The van der Waals surface area contributed by atoms with Gasteiger partial charge in [-0.25, -0.2) is 0 Å². The van der Waals surface area contributed by atoms with Crippen molar-refractivity contribution in [1.82, 2.24) is 0 Å². The van der Waals surface area contributed by atoms with Crippen LogP contribution in [0.15, 0.2) is 53.4 Å². The Kier molecular flexibility index (Phi) is 5.95. The van der Waals surface area contributed by atoms with E-state index in [1.54, 1.807) is 0 Å². The van der Waals surface area contributed by atoms with Crippen LogP contribution in [0.2, 0.25) is 0 Å². The molecular weight excluding hydrogens is 372 g/mol. The molecule has 0 amide bonds. The van der Waals surface area contributed by atoms with Crippen LogP contribution in [0.3, 0.4) is 0 Å². The minimum atomic E-state index is -0.287. The third kappa shape index (κ3) is 4.20. The van der Waals surface area contributed by atoms with Crippen molar-refractivity contribution in [2.75, 3.05) is 0 Å². The highest BCUT2D eigenvalue weighted by molar-refractivity contribution is 7.80. The average Bonchev–Trinajstić information content (AvgIpc) is 2.73. The minimum absolute atomic E-state index is 0.287. The molecule has 1 fully saturated rings. The first-order valence-electron chi connectivity index (χ1n) is 11.2. The summed E-state index contributed by atoms with van der Waals surface area (Å²) in [6, 6.07) is 17.5. The van der Waals surface area contributed by atoms with Crippen LogP contribution < -0.4 is 0 Å². The van der Waals surface area contributed by atoms with E-state index in [1.165, 1.54) is 59.2 Å². The molecule has 1 saturated carbocycles. The van der Waals surface area contributed by atoms with Crippen molar-refractivity contribution in [2.24, 2.45) is 11.8 Å². The molecule has 4 rings (SSSR count). The normalized spacial score (nSPS) is 21.6. The zero-order chi connectivity index (χ0) is 20.6. The van der Waals surface area contributed by atoms with Crippen LogP contribution in [0.25, 0.3) is 21.5 Å². The molecule has 3 aromatic carbocycles. The van der Waals surface area contributed by atoms with Gasteiger partial charge in [0.15, 0.2) is 0 Å². The molecule has 154 valence electrons. The SMILES string of the molecule is CCC(C)C1CCC(OC(C)(C)c2ccc3c(S)c4ccccc4cc3c2)CC1. The molecule has 3 aromatic rings. The lowest BCUT2D eigenvalue weighted by Gasteiger charge is -2.37. The second-order valence-corrected chi connectivity index (χ2v) is 9.88. The van der Waals surface area contributed by atoms with Gasteiger partial charge in [-0.3, -0.25) is 0 Å². The molecule has 0 N–H and O–H groups in total. The molecule has 0 spiro atoms. The largest absolute Gasteiger partial charge is 0.368 e. The summed E-state index contributed by atoms with van der Waals surface area (Å²) in [6.45, 7) is 9.16. The van der Waals surface area contributed by atoms with Crippen molar-refractivity contribution in [2.45, 2.75) is 76.4 Å². The third-order valence-corrected chi connectivity index (χ3v) is 7.64. The van der Waals surface area contributed by atoms with Gasteiger partial charge in [-0.05, 0) is 90.6 Å². The molecule has 29 heavy (non-hydrogen) atoms. The summed E-state index contributed by atoms with van der Waals surface area (Å²) in [6.07, 6.45) is 6.67. The van der Waals surface area contributed by atoms with Gasteiger partial charge in [0.25, 0.3) is 0 Å². The number of fused-ring (bicyclic) bond motifs is 2. The van der Waals surface area contributed by atoms with E-state index in [1.807, 2.05) is 0 Å². The smallest absolute Gasteiger partial charge is 0.0879 e. The number of hydrogen-bond donors (Lipinski definition) is 1. The Bertz CT molecular complexity index is 998. The monoisotopic (exact) mass is 406 g/mol. The molecule has 0 aliphatic heterocycles. The number of rotatable bonds is 5. The summed E-state index contributed by atoms with van der Waals surface area (Å²) in [7, 11) is 0. The first kappa shape index (κ1) is 20.8. The minimum Gasteiger partial charge on any atom is -0.368 e. The van der Waals surface area contributed by atoms with Crippen LogP contribution in [0.1, 0.15) is 65.4 Å². The van der Waals surface area contributed by atoms with Crippen molar-refractivity contribution in [3.05, 3.63) is 54.1 Å². The highest BCUT2D eigenvalue weighted by Gasteiger charge is 2.30. The predicted molar refractivity (Wildman–Crippen MR) is 128 cm³/mol. The Hall–Kier alpha value is -1.51. The summed E-state index contributed by atoms with van der Waals surface area (Å²) >= 11 is 4.83. The molecule has 0 heterocycles. The van der Waals surface area contributed by atoms with Crippen molar-refractivity contribution in [1.29, 1.82) is 0 Å². The fourth-order valence-electron chi connectivity index (χ4n) is 5.02. The molecule has 2 heteroatoms. The van der Waals surface area contributed by atoms with E-state index >= 15 is 0 Å². The van der Waals surface area contributed by atoms with Crippen LogP contribution in [0.5, 0.6) is 0 Å². The lowest BCUT2D eigenvalue weighted by Crippen LogP contribution is -2.32. The first-order chi connectivity index (χ1) is 13.9. The first-order valence-corrected chi connectivity index (χ1v) is 11.7. The van der Waals surface area contributed by atoms with E-state index in [4.69, 9.17) is 17.4 Å². The highest BCUT2D eigenvalue weighted by atomic mass is 32.1. The van der Waals surface area contributed by atoms with Crippen molar-refractivity contribution >= 4 is 34.2 Å². The molecule has 1 unspecified atom stereocenters. The molecule has 1 nitrogen and oxygen atoms in total. The standard InChI is InChI=1S/C27H34OS/c1-5-18(2)19-10-13-23(14-11-19)28-27(3,4)22-12-15-25-21(17-22)16-20-8-6-7-9-24(20)26(25)29/h6-9,12,15-19,23,29H,5,10-11,13-14H2,1-4H3. The van der Waals surface area contributed by atoms with E-state index in [9.17, 15) is 0 Å². The van der Waals surface area contributed by atoms with Gasteiger partial charge in [0.1, 0.15) is 0 Å². The summed E-state index contributed by atoms with van der Waals surface area (Å²) in [5.74, 6) is 1.72. The summed E-state index contributed by atoms with van der Waals surface area (Å²) < 4.78 is 6.67. The fourth-order valence-corrected chi connectivity index (χ4v) is 5.42. The van der Waals surface area contributed by atoms with Crippen LogP contribution >= 0.6 is 12.6 Å². The Morgan fingerprint density at radius 3 is 2.38 bits per heavy atom. The zero-order valence-electron chi connectivity index (χ0n) is 18.2. The van der Waals surface area contributed by atoms with Gasteiger partial charge in [-0.2, -0.15) is 0 Å². The quantitative estimate of drug-likeness (QED) is 0.332. The van der Waals surface area contributed by atoms with Gasteiger partial charge in [0, 0.05) is 4.90 Å². The maximum absolute atomic E-state index is 6.67. The van der Waals surface area contributed by atoms with Crippen molar-refractivity contribution in [3.8, 4) is 0 Å². The topological polar surface area (TPSA) is 9.23 Å². The Labute approximate surface area is 181 Å². The number of benzene rings is 3. The molecule has 0 saturated heterocycles. The van der Waals surface area contributed by atoms with E-state index in [2.05, 4.69) is 76.2 Å². The van der Waals surface area contributed by atoms with Crippen LogP contribution in [0.4, 0.5) is 0 Å². The molecule has 1 aliphatic rings. The van der Waals surface area contributed by atoms with Crippen LogP contribution in [0, 0.1) is 11.8 Å². The van der Waals surface area contributed by atoms with Crippen molar-refractivity contribution < 1.29 is 4.74 Å². The summed E-state index contributed by atoms with van der Waals surface area (Å²) in [5, 5.41) is 4.90. The van der Waals surface area contributed by atoms with Gasteiger partial charge in [0.2, 0.25) is 0 Å². The van der Waals surface area contributed by atoms with E-state index < -0.39 is 0 Å². The van der Waals surface area contributed by atoms with E-state index in [0.717, 1.165) is 16.7 Å². The van der Waals surface area contributed by atoms with Gasteiger partial charge in [0.05, 0.1) is 11.7 Å². The maximum atomic E-state index is 6.67. The lowest BCUT2D eigenvalue weighted by atomic mass is 9.78. The molecule has 1 aliphatic carbocycles. The third-order valence-electron chi connectivity index (χ3n) is 7.16. The Morgan fingerprint density at radius 2 is 1.66 bits per heavy atom. The Morgan fingerprint density at radius 1 is 0.966 bits per heavy atom. The fraction of sp³-hybridized carbons (Fsp3) is 0.481. The van der Waals surface area contributed by atoms with Gasteiger partial charge >= 0.3 is 0 Å². The number of hydrogen-bond acceptors (Lipinski definition) is 2. The van der Waals surface area contributed by atoms with E-state index in [-0.39, 0.29) is 5.60 Å². The van der Waals surface area contributed by atoms with Gasteiger partial charge in [-0.15, -0.1) is 12.6 Å². The molecule has 1 atom stereocenters. The maximum Gasteiger partial charge on any atom is 0.0879 e. The Balaban J connectivity index is 1.56. The van der Waals surface area contributed by atoms with Crippen LogP contribution in [-0.2, 0) is 10.3 Å². The van der Waals surface area contributed by atoms with E-state index in [0.29, 0.717) is 6.10 Å². The zero-order valence-corrected chi connectivity index (χ0v) is 19.1. The highest BCUT2D eigenvalue weighted by Crippen LogP contribution is 2.38. The summed E-state index contributed by atoms with van der Waals surface area (Å²) in [4.78, 5) is 1.06. The molecular formula is C27H34OS. The van der Waals surface area contributed by atoms with Crippen molar-refractivity contribution in [3.63, 3.8) is 0 Å². The molecule has 0 bridgehead atoms. The second-order valence-electron chi connectivity index (χ2n) is 9.43. The van der Waals surface area contributed by atoms with Gasteiger partial charge < -0.3 is 4.74 Å². The summed E-state index contributed by atoms with van der Waals surface area (Å²) in [5.41, 5.74) is 0.960. The predicted octanol–water partition coefficient (Wildman–Crippen LogP) is 8.14. The number of thiol groups is 1. The molecule has 0 radical (unpaired) electrons. The number of ether oxygens (including phenoxy) is 1.